The highest BCUT2D eigenvalue weighted by Crippen LogP contribution is 2.40. The largest absolute Gasteiger partial charge is 0.456 e. The van der Waals surface area contributed by atoms with Crippen molar-refractivity contribution in [3.8, 4) is 68.3 Å². The third-order valence-electron chi connectivity index (χ3n) is 10.00. The second-order valence-electron chi connectivity index (χ2n) is 13.5. The lowest BCUT2D eigenvalue weighted by atomic mass is 10.1. The number of aromatic nitrogens is 6. The Labute approximate surface area is 324 Å². The summed E-state index contributed by atoms with van der Waals surface area (Å²) in [6.07, 6.45) is 0. The molecule has 8 heteroatoms. The highest BCUT2D eigenvalue weighted by atomic mass is 32.1. The molecule has 0 amide bonds. The molecule has 262 valence electrons. The van der Waals surface area contributed by atoms with Crippen LogP contribution < -0.4 is 0 Å². The molecule has 0 aliphatic heterocycles. The second kappa shape index (κ2) is 13.2. The minimum absolute atomic E-state index is 0.570. The van der Waals surface area contributed by atoms with Gasteiger partial charge in [-0.05, 0) is 42.5 Å². The zero-order valence-corrected chi connectivity index (χ0v) is 30.5. The first-order chi connectivity index (χ1) is 27.7. The molecule has 0 bridgehead atoms. The van der Waals surface area contributed by atoms with Crippen molar-refractivity contribution in [2.75, 3.05) is 0 Å². The van der Waals surface area contributed by atoms with Crippen molar-refractivity contribution in [2.24, 2.45) is 0 Å². The number of furan rings is 1. The molecule has 56 heavy (non-hydrogen) atoms. The van der Waals surface area contributed by atoms with Crippen LogP contribution in [0.2, 0.25) is 0 Å². The van der Waals surface area contributed by atoms with Gasteiger partial charge in [0.15, 0.2) is 34.9 Å². The Hall–Kier alpha value is -7.42. The summed E-state index contributed by atoms with van der Waals surface area (Å²) in [5, 5.41) is 4.36. The topological polar surface area (TPSA) is 90.5 Å². The number of rotatable bonds is 6. The molecule has 0 saturated heterocycles. The Morgan fingerprint density at radius 2 is 0.821 bits per heavy atom. The fourth-order valence-corrected chi connectivity index (χ4v) is 8.47. The minimum atomic E-state index is 0.570. The van der Waals surface area contributed by atoms with Gasteiger partial charge < -0.3 is 4.42 Å². The van der Waals surface area contributed by atoms with Gasteiger partial charge in [0.25, 0.3) is 0 Å². The highest BCUT2D eigenvalue weighted by Gasteiger charge is 2.19. The van der Waals surface area contributed by atoms with Gasteiger partial charge in [0.2, 0.25) is 0 Å². The fraction of sp³-hybridized carbons (Fsp3) is 0. The van der Waals surface area contributed by atoms with Crippen LogP contribution in [0, 0.1) is 0 Å². The Balaban J connectivity index is 1.04. The normalized spacial score (nSPS) is 11.6. The molecule has 0 radical (unpaired) electrons. The molecule has 4 aromatic heterocycles. The van der Waals surface area contributed by atoms with Crippen molar-refractivity contribution < 1.29 is 4.42 Å². The van der Waals surface area contributed by atoms with Gasteiger partial charge in [-0.2, -0.15) is 0 Å². The zero-order chi connectivity index (χ0) is 37.0. The van der Waals surface area contributed by atoms with E-state index >= 15 is 0 Å². The molecule has 0 atom stereocenters. The van der Waals surface area contributed by atoms with Crippen LogP contribution in [-0.2, 0) is 0 Å². The van der Waals surface area contributed by atoms with E-state index in [9.17, 15) is 0 Å². The van der Waals surface area contributed by atoms with Crippen LogP contribution in [0.15, 0.2) is 174 Å². The molecule has 0 fully saturated rings. The van der Waals surface area contributed by atoms with Crippen molar-refractivity contribution in [3.63, 3.8) is 0 Å². The van der Waals surface area contributed by atoms with Crippen molar-refractivity contribution in [1.29, 1.82) is 0 Å². The lowest BCUT2D eigenvalue weighted by Crippen LogP contribution is -2.00. The van der Waals surface area contributed by atoms with Crippen LogP contribution in [0.4, 0.5) is 0 Å². The summed E-state index contributed by atoms with van der Waals surface area (Å²) in [6.45, 7) is 0. The number of hydrogen-bond acceptors (Lipinski definition) is 8. The molecule has 0 unspecified atom stereocenters. The molecule has 7 nitrogen and oxygen atoms in total. The van der Waals surface area contributed by atoms with E-state index in [0.29, 0.717) is 34.9 Å². The van der Waals surface area contributed by atoms with E-state index in [0.717, 1.165) is 60.0 Å². The first-order valence-corrected chi connectivity index (χ1v) is 19.1. The third-order valence-corrected chi connectivity index (χ3v) is 11.2. The Morgan fingerprint density at radius 3 is 1.45 bits per heavy atom. The van der Waals surface area contributed by atoms with Crippen LogP contribution in [0.3, 0.4) is 0 Å². The van der Waals surface area contributed by atoms with E-state index in [4.69, 9.17) is 34.3 Å². The highest BCUT2D eigenvalue weighted by molar-refractivity contribution is 7.26. The molecule has 0 N–H and O–H groups in total. The fourth-order valence-electron chi connectivity index (χ4n) is 7.26. The first kappa shape index (κ1) is 32.0. The van der Waals surface area contributed by atoms with Crippen LogP contribution in [0.1, 0.15) is 0 Å². The summed E-state index contributed by atoms with van der Waals surface area (Å²) in [4.78, 5) is 29.9. The Bertz CT molecular complexity index is 3200. The summed E-state index contributed by atoms with van der Waals surface area (Å²) in [7, 11) is 0. The summed E-state index contributed by atoms with van der Waals surface area (Å²) in [5.74, 6) is 3.63. The number of hydrogen-bond donors (Lipinski definition) is 0. The molecule has 0 spiro atoms. The molecule has 0 saturated carbocycles. The first-order valence-electron chi connectivity index (χ1n) is 18.3. The molecule has 7 aromatic carbocycles. The van der Waals surface area contributed by atoms with Gasteiger partial charge in [0.05, 0.1) is 0 Å². The van der Waals surface area contributed by atoms with E-state index in [1.54, 1.807) is 11.3 Å². The summed E-state index contributed by atoms with van der Waals surface area (Å²) < 4.78 is 8.86. The lowest BCUT2D eigenvalue weighted by Gasteiger charge is -2.09. The maximum Gasteiger partial charge on any atom is 0.165 e. The Morgan fingerprint density at radius 1 is 0.321 bits per heavy atom. The van der Waals surface area contributed by atoms with Crippen LogP contribution in [-0.4, -0.2) is 29.9 Å². The molecular weight excluding hydrogens is 709 g/mol. The van der Waals surface area contributed by atoms with Crippen molar-refractivity contribution in [2.45, 2.75) is 0 Å². The molecular formula is C48H28N6OS. The van der Waals surface area contributed by atoms with Gasteiger partial charge in [-0.15, -0.1) is 11.3 Å². The van der Waals surface area contributed by atoms with E-state index in [1.807, 2.05) is 115 Å². The van der Waals surface area contributed by atoms with Gasteiger partial charge in [0, 0.05) is 64.3 Å². The minimum Gasteiger partial charge on any atom is -0.456 e. The predicted octanol–water partition coefficient (Wildman–Crippen LogP) is 12.3. The predicted molar refractivity (Wildman–Crippen MR) is 226 cm³/mol. The van der Waals surface area contributed by atoms with Crippen LogP contribution in [0.25, 0.3) is 110 Å². The van der Waals surface area contributed by atoms with Crippen molar-refractivity contribution in [3.05, 3.63) is 170 Å². The van der Waals surface area contributed by atoms with Crippen molar-refractivity contribution in [1.82, 2.24) is 29.9 Å². The van der Waals surface area contributed by atoms with Crippen molar-refractivity contribution >= 4 is 53.4 Å². The van der Waals surface area contributed by atoms with E-state index in [-0.39, 0.29) is 0 Å². The van der Waals surface area contributed by atoms with Gasteiger partial charge in [0.1, 0.15) is 11.2 Å². The lowest BCUT2D eigenvalue weighted by molar-refractivity contribution is 0.669. The number of nitrogens with zero attached hydrogens (tertiary/aromatic N) is 6. The van der Waals surface area contributed by atoms with Gasteiger partial charge in [-0.3, -0.25) is 0 Å². The number of fused-ring (bicyclic) bond motifs is 6. The standard InChI is InChI=1S/C48H28N6OS/c1-4-13-29(14-5-1)43-49-44(30-15-6-2-7-16-30)51-47(50-43)33-23-25-34-38-27-32(24-26-39(38)55-40(34)28-33)46-52-45(31-17-8-3-9-18-31)53-48(54-46)37-21-12-20-36-35-19-10-11-22-41(35)56-42(36)37/h1-28H. The number of benzene rings is 7. The van der Waals surface area contributed by atoms with Crippen LogP contribution in [0.5, 0.6) is 0 Å². The van der Waals surface area contributed by atoms with Gasteiger partial charge >= 0.3 is 0 Å². The maximum atomic E-state index is 6.48. The second-order valence-corrected chi connectivity index (χ2v) is 14.6. The van der Waals surface area contributed by atoms with E-state index < -0.39 is 0 Å². The molecule has 0 aliphatic rings. The Kier molecular flexibility index (Phi) is 7.53. The maximum absolute atomic E-state index is 6.48. The monoisotopic (exact) mass is 736 g/mol. The summed E-state index contributed by atoms with van der Waals surface area (Å²) >= 11 is 1.76. The zero-order valence-electron chi connectivity index (χ0n) is 29.7. The molecule has 0 aliphatic carbocycles. The molecule has 4 heterocycles. The summed E-state index contributed by atoms with van der Waals surface area (Å²) in [6, 6.07) is 57.2. The van der Waals surface area contributed by atoms with E-state index in [2.05, 4.69) is 54.6 Å². The van der Waals surface area contributed by atoms with Gasteiger partial charge in [-0.1, -0.05) is 127 Å². The average molecular weight is 737 g/mol. The number of thiophene rings is 1. The average Bonchev–Trinajstić information content (AvgIpc) is 3.85. The van der Waals surface area contributed by atoms with Gasteiger partial charge in [-0.25, -0.2) is 29.9 Å². The summed E-state index contributed by atoms with van der Waals surface area (Å²) in [5.41, 5.74) is 6.94. The smallest absolute Gasteiger partial charge is 0.165 e. The van der Waals surface area contributed by atoms with E-state index in [1.165, 1.54) is 15.5 Å². The molecule has 11 aromatic rings. The van der Waals surface area contributed by atoms with Crippen LogP contribution >= 0.6 is 11.3 Å². The SMILES string of the molecule is c1ccc(-c2nc(-c3ccccc3)nc(-c3ccc4c(c3)oc3ccc(-c5nc(-c6ccccc6)nc(-c6cccc7c6sc6ccccc67)n5)cc34)n2)cc1. The molecule has 11 rings (SSSR count). The third kappa shape index (κ3) is 5.59. The quantitative estimate of drug-likeness (QED) is 0.168.